The zero-order chi connectivity index (χ0) is 5.66. The molecule has 0 aliphatic carbocycles. The van der Waals surface area contributed by atoms with Crippen LogP contribution in [0.2, 0.25) is 0 Å². The van der Waals surface area contributed by atoms with Gasteiger partial charge >= 0.3 is 0 Å². The van der Waals surface area contributed by atoms with Gasteiger partial charge in [-0.1, -0.05) is 0 Å². The highest BCUT2D eigenvalue weighted by molar-refractivity contribution is 5.85. The highest BCUT2D eigenvalue weighted by atomic mass is 35.5. The van der Waals surface area contributed by atoms with E-state index in [-0.39, 0.29) is 12.4 Å². The summed E-state index contributed by atoms with van der Waals surface area (Å²) in [5.41, 5.74) is 0. The van der Waals surface area contributed by atoms with Crippen molar-refractivity contribution in [3.8, 4) is 0 Å². The molecule has 0 spiro atoms. The minimum atomic E-state index is 0. The smallest absolute Gasteiger partial charge is 0.0515 e. The van der Waals surface area contributed by atoms with Gasteiger partial charge in [-0.05, 0) is 22.6 Å². The molecule has 5 heteroatoms. The molecule has 1 heterocycles. The van der Waals surface area contributed by atoms with Crippen LogP contribution >= 0.6 is 12.4 Å². The molecule has 0 saturated carbocycles. The quantitative estimate of drug-likeness (QED) is 0.494. The van der Waals surface area contributed by atoms with Gasteiger partial charge in [0.15, 0.2) is 0 Å². The third kappa shape index (κ3) is 3.54. The number of halogens is 1. The molecule has 0 unspecified atom stereocenters. The lowest BCUT2D eigenvalue weighted by Gasteiger charge is -1.75. The molecule has 0 radical (unpaired) electrons. The first kappa shape index (κ1) is 7.97. The molecule has 0 fully saturated rings. The summed E-state index contributed by atoms with van der Waals surface area (Å²) in [6, 6.07) is 0. The van der Waals surface area contributed by atoms with Gasteiger partial charge in [0, 0.05) is 0 Å². The van der Waals surface area contributed by atoms with Gasteiger partial charge in [0.25, 0.3) is 0 Å². The maximum Gasteiger partial charge on any atom is 0.0515 e. The van der Waals surface area contributed by atoms with E-state index in [1.807, 2.05) is 0 Å². The Labute approximate surface area is 58.5 Å². The average molecular weight is 145 g/mol. The van der Waals surface area contributed by atoms with Crippen molar-refractivity contribution in [1.29, 1.82) is 0 Å². The number of hydrogen-bond donors (Lipinski definition) is 0. The Balaban J connectivity index is 0.000000640. The average Bonchev–Trinajstić information content (AvgIpc) is 1.62. The van der Waals surface area contributed by atoms with Crippen LogP contribution in [0.4, 0.5) is 0 Å². The molecule has 0 saturated heterocycles. The molecule has 0 aromatic carbocycles. The van der Waals surface area contributed by atoms with Crippen LogP contribution in [0.15, 0.2) is 32.8 Å². The van der Waals surface area contributed by atoms with E-state index in [4.69, 9.17) is 0 Å². The van der Waals surface area contributed by atoms with Gasteiger partial charge in [0.05, 0.1) is 12.4 Å². The summed E-state index contributed by atoms with van der Waals surface area (Å²) in [6.07, 6.45) is 6.52. The number of nitrogens with zero attached hydrogens (tertiary/aromatic N) is 4. The Hall–Kier alpha value is -1.03. The SMILES string of the molecule is C1=C/C=N\N=N/N=C1.Cl. The van der Waals surface area contributed by atoms with E-state index in [0.717, 1.165) is 0 Å². The molecule has 1 rings (SSSR count). The Morgan fingerprint density at radius 2 is 1.22 bits per heavy atom. The molecule has 4 nitrogen and oxygen atoms in total. The van der Waals surface area contributed by atoms with Crippen LogP contribution in [-0.4, -0.2) is 12.4 Å². The first-order valence-electron chi connectivity index (χ1n) is 2.12. The van der Waals surface area contributed by atoms with Gasteiger partial charge in [-0.3, -0.25) is 0 Å². The maximum absolute atomic E-state index is 3.46. The van der Waals surface area contributed by atoms with Crippen LogP contribution in [-0.2, 0) is 0 Å². The standard InChI is InChI=1S/C4H4N4.ClH/c1-2-4-6-8-7-5-3-1;/h1-4H;1H/b2-1?,3-1?,4-2?,5-3-,6-4?,7-5?,8-6?,8-7-;. The third-order valence-corrected chi connectivity index (χ3v) is 0.560. The van der Waals surface area contributed by atoms with Crippen molar-refractivity contribution in [3.63, 3.8) is 0 Å². The molecule has 48 valence electrons. The van der Waals surface area contributed by atoms with Crippen LogP contribution in [0.3, 0.4) is 0 Å². The largest absolute Gasteiger partial charge is 0.147 e. The van der Waals surface area contributed by atoms with E-state index in [1.54, 1.807) is 12.2 Å². The minimum absolute atomic E-state index is 0. The van der Waals surface area contributed by atoms with E-state index in [0.29, 0.717) is 0 Å². The second-order valence-electron chi connectivity index (χ2n) is 1.09. The lowest BCUT2D eigenvalue weighted by atomic mass is 10.5. The summed E-state index contributed by atoms with van der Waals surface area (Å²) >= 11 is 0. The van der Waals surface area contributed by atoms with Crippen molar-refractivity contribution < 1.29 is 0 Å². The van der Waals surface area contributed by atoms with E-state index in [2.05, 4.69) is 20.6 Å². The van der Waals surface area contributed by atoms with Crippen molar-refractivity contribution in [2.75, 3.05) is 0 Å². The molecule has 1 aliphatic rings. The first-order chi connectivity index (χ1) is 4.00. The predicted octanol–water partition coefficient (Wildman–Crippen LogP) is 1.40. The second-order valence-corrected chi connectivity index (χ2v) is 1.09. The van der Waals surface area contributed by atoms with Crippen LogP contribution < -0.4 is 0 Å². The topological polar surface area (TPSA) is 49.4 Å². The molecule has 0 amide bonds. The van der Waals surface area contributed by atoms with Crippen LogP contribution in [0, 0.1) is 0 Å². The fourth-order valence-corrected chi connectivity index (χ4v) is 0.282. The zero-order valence-electron chi connectivity index (χ0n) is 4.51. The number of rotatable bonds is 0. The maximum atomic E-state index is 3.46. The van der Waals surface area contributed by atoms with E-state index in [9.17, 15) is 0 Å². The molecule has 9 heavy (non-hydrogen) atoms. The Morgan fingerprint density at radius 1 is 0.778 bits per heavy atom. The fraction of sp³-hybridized carbons (Fsp3) is 0. The van der Waals surface area contributed by atoms with Crippen molar-refractivity contribution in [1.82, 2.24) is 0 Å². The Kier molecular flexibility index (Phi) is 4.53. The summed E-state index contributed by atoms with van der Waals surface area (Å²) in [7, 11) is 0. The molecule has 0 bridgehead atoms. The lowest BCUT2D eigenvalue weighted by Crippen LogP contribution is -1.67. The van der Waals surface area contributed by atoms with E-state index in [1.165, 1.54) is 12.4 Å². The first-order valence-corrected chi connectivity index (χ1v) is 2.12. The van der Waals surface area contributed by atoms with E-state index < -0.39 is 0 Å². The number of allylic oxidation sites excluding steroid dienone is 2. The molecular formula is C4H5ClN4. The van der Waals surface area contributed by atoms with Gasteiger partial charge in [0.1, 0.15) is 0 Å². The molecule has 1 aliphatic heterocycles. The van der Waals surface area contributed by atoms with Crippen LogP contribution in [0.25, 0.3) is 0 Å². The van der Waals surface area contributed by atoms with Gasteiger partial charge in [-0.2, -0.15) is 0 Å². The van der Waals surface area contributed by atoms with E-state index >= 15 is 0 Å². The Bertz CT molecular complexity index is 113. The fourth-order valence-electron chi connectivity index (χ4n) is 0.282. The second kappa shape index (κ2) is 5.11. The highest BCUT2D eigenvalue weighted by Gasteiger charge is 1.68. The van der Waals surface area contributed by atoms with Crippen molar-refractivity contribution in [2.45, 2.75) is 0 Å². The monoisotopic (exact) mass is 144 g/mol. The molecular weight excluding hydrogens is 140 g/mol. The van der Waals surface area contributed by atoms with Crippen LogP contribution in [0.5, 0.6) is 0 Å². The normalized spacial score (nSPS) is 21.3. The van der Waals surface area contributed by atoms with Gasteiger partial charge in [0.2, 0.25) is 0 Å². The van der Waals surface area contributed by atoms with Gasteiger partial charge < -0.3 is 0 Å². The lowest BCUT2D eigenvalue weighted by molar-refractivity contribution is 0.965. The third-order valence-electron chi connectivity index (χ3n) is 0.560. The molecule has 0 aromatic rings. The summed E-state index contributed by atoms with van der Waals surface area (Å²) in [5, 5.41) is 13.5. The van der Waals surface area contributed by atoms with Crippen LogP contribution in [0.1, 0.15) is 0 Å². The summed E-state index contributed by atoms with van der Waals surface area (Å²) in [6.45, 7) is 0. The predicted molar refractivity (Wildman–Crippen MR) is 38.2 cm³/mol. The van der Waals surface area contributed by atoms with Gasteiger partial charge in [-0.25, -0.2) is 0 Å². The van der Waals surface area contributed by atoms with Crippen molar-refractivity contribution in [3.05, 3.63) is 12.2 Å². The molecule has 0 atom stereocenters. The number of hydrogen-bond acceptors (Lipinski definition) is 4. The minimum Gasteiger partial charge on any atom is -0.147 e. The zero-order valence-corrected chi connectivity index (χ0v) is 5.32. The Morgan fingerprint density at radius 3 is 1.67 bits per heavy atom. The van der Waals surface area contributed by atoms with Gasteiger partial charge in [-0.15, -0.1) is 22.6 Å². The summed E-state index contributed by atoms with van der Waals surface area (Å²) in [4.78, 5) is 0. The summed E-state index contributed by atoms with van der Waals surface area (Å²) < 4.78 is 0. The summed E-state index contributed by atoms with van der Waals surface area (Å²) in [5.74, 6) is 0. The molecule has 0 N–H and O–H groups in total. The highest BCUT2D eigenvalue weighted by Crippen LogP contribution is 1.80. The van der Waals surface area contributed by atoms with Crippen molar-refractivity contribution >= 4 is 24.8 Å². The molecule has 0 aromatic heterocycles. The van der Waals surface area contributed by atoms with Crippen molar-refractivity contribution in [2.24, 2.45) is 20.6 Å².